The zero-order valence-electron chi connectivity index (χ0n) is 12.7. The predicted octanol–water partition coefficient (Wildman–Crippen LogP) is 3.27. The second-order valence-corrected chi connectivity index (χ2v) is 7.20. The average molecular weight is 302 g/mol. The number of hydrogen-bond acceptors (Lipinski definition) is 5. The van der Waals surface area contributed by atoms with Gasteiger partial charge in [0, 0.05) is 31.3 Å². The summed E-state index contributed by atoms with van der Waals surface area (Å²) in [7, 11) is 0. The number of piperidine rings is 1. The van der Waals surface area contributed by atoms with Gasteiger partial charge in [-0.05, 0) is 25.3 Å². The predicted molar refractivity (Wildman–Crippen MR) is 86.5 cm³/mol. The van der Waals surface area contributed by atoms with Crippen LogP contribution in [0.4, 0.5) is 0 Å². The van der Waals surface area contributed by atoms with E-state index in [-0.39, 0.29) is 0 Å². The van der Waals surface area contributed by atoms with Gasteiger partial charge in [0.05, 0.1) is 21.8 Å². The van der Waals surface area contributed by atoms with Crippen LogP contribution in [-0.4, -0.2) is 28.0 Å². The smallest absolute Gasteiger partial charge is 0.100 e. The Balaban J connectivity index is 1.80. The molecule has 2 aromatic heterocycles. The summed E-state index contributed by atoms with van der Waals surface area (Å²) in [5.74, 6) is 1.13. The van der Waals surface area contributed by atoms with Crippen molar-refractivity contribution in [1.82, 2.24) is 20.3 Å². The largest absolute Gasteiger partial charge is 0.316 e. The number of hydrogen-bond donors (Lipinski definition) is 1. The van der Waals surface area contributed by atoms with E-state index in [4.69, 9.17) is 4.98 Å². The molecule has 112 valence electrons. The van der Waals surface area contributed by atoms with Gasteiger partial charge in [0.25, 0.3) is 0 Å². The maximum Gasteiger partial charge on any atom is 0.100 e. The molecule has 1 aliphatic heterocycles. The highest BCUT2D eigenvalue weighted by atomic mass is 32.1. The highest BCUT2D eigenvalue weighted by molar-refractivity contribution is 7.15. The first-order valence-corrected chi connectivity index (χ1v) is 8.51. The fraction of sp³-hybridized carbons (Fsp3) is 0.562. The van der Waals surface area contributed by atoms with Gasteiger partial charge in [-0.3, -0.25) is 4.98 Å². The standard InChI is InChI=1S/C16H22N4S/c1-11(2)6-16-19-10-15(21-16)14-9-18-8-13(20-14)12-4-3-5-17-7-12/h8-12,17H,3-7H2,1-2H3. The van der Waals surface area contributed by atoms with Crippen LogP contribution >= 0.6 is 11.3 Å². The van der Waals surface area contributed by atoms with Crippen LogP contribution in [0.15, 0.2) is 18.6 Å². The van der Waals surface area contributed by atoms with Crippen LogP contribution in [0.3, 0.4) is 0 Å². The summed E-state index contributed by atoms with van der Waals surface area (Å²) in [6, 6.07) is 0. The zero-order valence-corrected chi connectivity index (χ0v) is 13.5. The molecule has 3 heterocycles. The van der Waals surface area contributed by atoms with Crippen molar-refractivity contribution in [3.63, 3.8) is 0 Å². The number of rotatable bonds is 4. The quantitative estimate of drug-likeness (QED) is 0.942. The molecular formula is C16H22N4S. The number of nitrogens with one attached hydrogen (secondary N) is 1. The van der Waals surface area contributed by atoms with Crippen LogP contribution in [0.5, 0.6) is 0 Å². The molecule has 0 aromatic carbocycles. The highest BCUT2D eigenvalue weighted by Crippen LogP contribution is 2.28. The van der Waals surface area contributed by atoms with Crippen LogP contribution in [0.1, 0.15) is 43.3 Å². The molecule has 0 radical (unpaired) electrons. The minimum absolute atomic E-state index is 0.495. The molecule has 5 heteroatoms. The third kappa shape index (κ3) is 3.66. The van der Waals surface area contributed by atoms with Gasteiger partial charge >= 0.3 is 0 Å². The summed E-state index contributed by atoms with van der Waals surface area (Å²) in [5.41, 5.74) is 2.07. The van der Waals surface area contributed by atoms with Crippen molar-refractivity contribution in [2.24, 2.45) is 5.92 Å². The number of thiazole rings is 1. The molecule has 0 saturated carbocycles. The molecule has 0 spiro atoms. The molecule has 1 unspecified atom stereocenters. The van der Waals surface area contributed by atoms with E-state index in [1.807, 2.05) is 18.6 Å². The summed E-state index contributed by atoms with van der Waals surface area (Å²) in [6.45, 7) is 6.58. The van der Waals surface area contributed by atoms with E-state index in [0.717, 1.165) is 35.8 Å². The van der Waals surface area contributed by atoms with E-state index in [1.165, 1.54) is 17.8 Å². The first kappa shape index (κ1) is 14.6. The van der Waals surface area contributed by atoms with Gasteiger partial charge < -0.3 is 5.32 Å². The van der Waals surface area contributed by atoms with Crippen molar-refractivity contribution in [2.75, 3.05) is 13.1 Å². The summed E-state index contributed by atoms with van der Waals surface area (Å²) < 4.78 is 0. The van der Waals surface area contributed by atoms with Gasteiger partial charge in [-0.2, -0.15) is 0 Å². The summed E-state index contributed by atoms with van der Waals surface area (Å²) >= 11 is 1.74. The molecule has 1 aliphatic rings. The first-order valence-electron chi connectivity index (χ1n) is 7.70. The van der Waals surface area contributed by atoms with Crippen molar-refractivity contribution >= 4 is 11.3 Å². The fourth-order valence-corrected chi connectivity index (χ4v) is 3.76. The van der Waals surface area contributed by atoms with Gasteiger partial charge in [-0.25, -0.2) is 9.97 Å². The van der Waals surface area contributed by atoms with Gasteiger partial charge in [-0.15, -0.1) is 11.3 Å². The van der Waals surface area contributed by atoms with Crippen LogP contribution in [-0.2, 0) is 6.42 Å². The van der Waals surface area contributed by atoms with Gasteiger partial charge in [0.2, 0.25) is 0 Å². The molecule has 1 N–H and O–H groups in total. The third-order valence-electron chi connectivity index (χ3n) is 3.76. The zero-order chi connectivity index (χ0) is 14.7. The molecule has 1 atom stereocenters. The Morgan fingerprint density at radius 3 is 3.00 bits per heavy atom. The molecule has 1 saturated heterocycles. The Bertz CT molecular complexity index is 587. The Labute approximate surface area is 130 Å². The van der Waals surface area contributed by atoms with E-state index in [1.54, 1.807) is 11.3 Å². The lowest BCUT2D eigenvalue weighted by Crippen LogP contribution is -2.28. The lowest BCUT2D eigenvalue weighted by molar-refractivity contribution is 0.454. The normalized spacial score (nSPS) is 19.1. The molecule has 0 amide bonds. The van der Waals surface area contributed by atoms with E-state index in [0.29, 0.717) is 11.8 Å². The molecular weight excluding hydrogens is 280 g/mol. The van der Waals surface area contributed by atoms with Gasteiger partial charge in [0.15, 0.2) is 0 Å². The monoisotopic (exact) mass is 302 g/mol. The summed E-state index contributed by atoms with van der Waals surface area (Å²) in [6.07, 6.45) is 9.16. The van der Waals surface area contributed by atoms with Gasteiger partial charge in [0.1, 0.15) is 5.69 Å². The lowest BCUT2D eigenvalue weighted by Gasteiger charge is -2.22. The van der Waals surface area contributed by atoms with Crippen LogP contribution < -0.4 is 5.32 Å². The first-order chi connectivity index (χ1) is 10.2. The van der Waals surface area contributed by atoms with Crippen molar-refractivity contribution < 1.29 is 0 Å². The minimum Gasteiger partial charge on any atom is -0.316 e. The van der Waals surface area contributed by atoms with Crippen LogP contribution in [0, 0.1) is 5.92 Å². The molecule has 3 rings (SSSR count). The molecule has 4 nitrogen and oxygen atoms in total. The van der Waals surface area contributed by atoms with Crippen molar-refractivity contribution in [2.45, 2.75) is 39.0 Å². The van der Waals surface area contributed by atoms with Gasteiger partial charge in [-0.1, -0.05) is 13.8 Å². The van der Waals surface area contributed by atoms with E-state index in [9.17, 15) is 0 Å². The Kier molecular flexibility index (Phi) is 4.60. The number of nitrogens with zero attached hydrogens (tertiary/aromatic N) is 3. The molecule has 0 aliphatic carbocycles. The second kappa shape index (κ2) is 6.62. The molecule has 0 bridgehead atoms. The van der Waals surface area contributed by atoms with Crippen LogP contribution in [0.2, 0.25) is 0 Å². The van der Waals surface area contributed by atoms with Crippen molar-refractivity contribution in [3.8, 4) is 10.6 Å². The minimum atomic E-state index is 0.495. The SMILES string of the molecule is CC(C)Cc1ncc(-c2cncc(C3CCCNC3)n2)s1. The molecule has 21 heavy (non-hydrogen) atoms. The maximum atomic E-state index is 4.83. The maximum absolute atomic E-state index is 4.83. The molecule has 2 aromatic rings. The Hall–Kier alpha value is -1.33. The Morgan fingerprint density at radius 1 is 1.33 bits per heavy atom. The lowest BCUT2D eigenvalue weighted by atomic mass is 9.96. The van der Waals surface area contributed by atoms with E-state index < -0.39 is 0 Å². The second-order valence-electron chi connectivity index (χ2n) is 6.09. The van der Waals surface area contributed by atoms with Crippen LogP contribution in [0.25, 0.3) is 10.6 Å². The average Bonchev–Trinajstić information content (AvgIpc) is 2.96. The summed E-state index contributed by atoms with van der Waals surface area (Å²) in [4.78, 5) is 14.9. The van der Waals surface area contributed by atoms with E-state index in [2.05, 4.69) is 29.1 Å². The highest BCUT2D eigenvalue weighted by Gasteiger charge is 2.18. The van der Waals surface area contributed by atoms with E-state index >= 15 is 0 Å². The van der Waals surface area contributed by atoms with Crippen molar-refractivity contribution in [1.29, 1.82) is 0 Å². The Morgan fingerprint density at radius 2 is 2.24 bits per heavy atom. The summed E-state index contributed by atoms with van der Waals surface area (Å²) in [5, 5.41) is 4.63. The third-order valence-corrected chi connectivity index (χ3v) is 4.80. The topological polar surface area (TPSA) is 50.7 Å². The number of aromatic nitrogens is 3. The van der Waals surface area contributed by atoms with Crippen molar-refractivity contribution in [3.05, 3.63) is 29.3 Å². The molecule has 1 fully saturated rings. The fourth-order valence-electron chi connectivity index (χ4n) is 2.67.